The zero-order valence-corrected chi connectivity index (χ0v) is 10.8. The fraction of sp³-hybridized carbons (Fsp3) is 0.214. The van der Waals surface area contributed by atoms with Crippen LogP contribution in [0.1, 0.15) is 23.8 Å². The van der Waals surface area contributed by atoms with Crippen LogP contribution in [0.5, 0.6) is 0 Å². The highest BCUT2D eigenvalue weighted by atomic mass is 19.1. The molecule has 1 unspecified atom stereocenters. The maximum atomic E-state index is 13.1. The van der Waals surface area contributed by atoms with E-state index < -0.39 is 23.7 Å². The van der Waals surface area contributed by atoms with Crippen LogP contribution < -0.4 is 5.32 Å². The normalized spacial score (nSPS) is 12.1. The van der Waals surface area contributed by atoms with Gasteiger partial charge in [0.05, 0.1) is 5.52 Å². The summed E-state index contributed by atoms with van der Waals surface area (Å²) in [7, 11) is 0. The molecule has 0 bridgehead atoms. The third kappa shape index (κ3) is 2.90. The number of aliphatic carboxylic acids is 1. The SMILES string of the molecule is CCC(NC(=O)c1ccc2ccc(F)cc2n1)C(=O)O. The lowest BCUT2D eigenvalue weighted by Crippen LogP contribution is -2.40. The van der Waals surface area contributed by atoms with E-state index in [-0.39, 0.29) is 12.1 Å². The largest absolute Gasteiger partial charge is 0.480 e. The molecule has 0 aliphatic rings. The van der Waals surface area contributed by atoms with Crippen LogP contribution in [0.2, 0.25) is 0 Å². The third-order valence-electron chi connectivity index (χ3n) is 2.90. The number of halogens is 1. The van der Waals surface area contributed by atoms with Gasteiger partial charge in [0, 0.05) is 11.5 Å². The number of aromatic nitrogens is 1. The number of carboxylic acid groups (broad SMARTS) is 1. The van der Waals surface area contributed by atoms with Crippen LogP contribution in [0.3, 0.4) is 0 Å². The second-order valence-electron chi connectivity index (χ2n) is 4.31. The summed E-state index contributed by atoms with van der Waals surface area (Å²) in [6.45, 7) is 1.66. The van der Waals surface area contributed by atoms with Gasteiger partial charge < -0.3 is 10.4 Å². The summed E-state index contributed by atoms with van der Waals surface area (Å²) in [5, 5.41) is 12.0. The molecule has 1 aromatic heterocycles. The summed E-state index contributed by atoms with van der Waals surface area (Å²) < 4.78 is 13.1. The molecule has 2 N–H and O–H groups in total. The molecule has 20 heavy (non-hydrogen) atoms. The number of nitrogens with one attached hydrogen (secondary N) is 1. The van der Waals surface area contributed by atoms with Crippen molar-refractivity contribution in [2.75, 3.05) is 0 Å². The minimum Gasteiger partial charge on any atom is -0.480 e. The van der Waals surface area contributed by atoms with E-state index in [1.165, 1.54) is 18.2 Å². The van der Waals surface area contributed by atoms with Crippen molar-refractivity contribution in [1.29, 1.82) is 0 Å². The molecule has 1 aromatic carbocycles. The molecule has 0 saturated heterocycles. The molecule has 2 aromatic rings. The number of carboxylic acids is 1. The van der Waals surface area contributed by atoms with E-state index in [2.05, 4.69) is 10.3 Å². The van der Waals surface area contributed by atoms with Crippen molar-refractivity contribution in [2.45, 2.75) is 19.4 Å². The molecular weight excluding hydrogens is 263 g/mol. The highest BCUT2D eigenvalue weighted by Crippen LogP contribution is 2.14. The number of nitrogens with zero attached hydrogens (tertiary/aromatic N) is 1. The van der Waals surface area contributed by atoms with Crippen molar-refractivity contribution in [3.63, 3.8) is 0 Å². The van der Waals surface area contributed by atoms with Gasteiger partial charge in [-0.3, -0.25) is 4.79 Å². The Hall–Kier alpha value is -2.50. The fourth-order valence-corrected chi connectivity index (χ4v) is 1.79. The molecular formula is C14H13FN2O3. The number of hydrogen-bond donors (Lipinski definition) is 2. The van der Waals surface area contributed by atoms with Crippen LogP contribution in [-0.2, 0) is 4.79 Å². The lowest BCUT2D eigenvalue weighted by Gasteiger charge is -2.11. The van der Waals surface area contributed by atoms with Crippen LogP contribution in [0.4, 0.5) is 4.39 Å². The quantitative estimate of drug-likeness (QED) is 0.894. The van der Waals surface area contributed by atoms with Gasteiger partial charge in [0.15, 0.2) is 0 Å². The lowest BCUT2D eigenvalue weighted by atomic mass is 10.2. The number of rotatable bonds is 4. The van der Waals surface area contributed by atoms with Crippen molar-refractivity contribution in [2.24, 2.45) is 0 Å². The Kier molecular flexibility index (Phi) is 3.93. The van der Waals surface area contributed by atoms with Gasteiger partial charge in [-0.25, -0.2) is 14.2 Å². The Balaban J connectivity index is 2.28. The van der Waals surface area contributed by atoms with Crippen LogP contribution in [0, 0.1) is 5.82 Å². The van der Waals surface area contributed by atoms with Gasteiger partial charge in [0.25, 0.3) is 5.91 Å². The van der Waals surface area contributed by atoms with Gasteiger partial charge in [-0.05, 0) is 24.6 Å². The predicted molar refractivity (Wildman–Crippen MR) is 70.9 cm³/mol. The number of benzene rings is 1. The maximum Gasteiger partial charge on any atom is 0.326 e. The Morgan fingerprint density at radius 3 is 2.70 bits per heavy atom. The van der Waals surface area contributed by atoms with Crippen LogP contribution in [0.25, 0.3) is 10.9 Å². The van der Waals surface area contributed by atoms with Crippen molar-refractivity contribution in [3.8, 4) is 0 Å². The zero-order chi connectivity index (χ0) is 14.7. The van der Waals surface area contributed by atoms with E-state index in [4.69, 9.17) is 5.11 Å². The molecule has 5 nitrogen and oxygen atoms in total. The zero-order valence-electron chi connectivity index (χ0n) is 10.8. The van der Waals surface area contributed by atoms with E-state index in [1.54, 1.807) is 19.1 Å². The Bertz CT molecular complexity index is 673. The standard InChI is InChI=1S/C14H13FN2O3/c1-2-10(14(19)20)17-13(18)11-6-4-8-3-5-9(15)7-12(8)16-11/h3-7,10H,2H2,1H3,(H,17,18)(H,19,20). The lowest BCUT2D eigenvalue weighted by molar-refractivity contribution is -0.139. The minimum absolute atomic E-state index is 0.0581. The molecule has 1 atom stereocenters. The van der Waals surface area contributed by atoms with Crippen molar-refractivity contribution >= 4 is 22.8 Å². The second kappa shape index (κ2) is 5.64. The van der Waals surface area contributed by atoms with E-state index in [1.807, 2.05) is 0 Å². The van der Waals surface area contributed by atoms with E-state index in [9.17, 15) is 14.0 Å². The fourth-order valence-electron chi connectivity index (χ4n) is 1.79. The van der Waals surface area contributed by atoms with Gasteiger partial charge in [-0.15, -0.1) is 0 Å². The number of pyridine rings is 1. The monoisotopic (exact) mass is 276 g/mol. The smallest absolute Gasteiger partial charge is 0.326 e. The number of fused-ring (bicyclic) bond motifs is 1. The first-order valence-electron chi connectivity index (χ1n) is 6.11. The molecule has 1 heterocycles. The topological polar surface area (TPSA) is 79.3 Å². The highest BCUT2D eigenvalue weighted by molar-refractivity contribution is 5.96. The molecule has 0 aliphatic carbocycles. The van der Waals surface area contributed by atoms with Crippen LogP contribution in [0.15, 0.2) is 30.3 Å². The summed E-state index contributed by atoms with van der Waals surface area (Å²) in [5.41, 5.74) is 0.406. The first kappa shape index (κ1) is 13.9. The maximum absolute atomic E-state index is 13.1. The number of amides is 1. The molecule has 104 valence electrons. The third-order valence-corrected chi connectivity index (χ3v) is 2.90. The van der Waals surface area contributed by atoms with Gasteiger partial charge >= 0.3 is 5.97 Å². The number of carbonyl (C=O) groups is 2. The summed E-state index contributed by atoms with van der Waals surface area (Å²) in [4.78, 5) is 26.8. The van der Waals surface area contributed by atoms with Crippen molar-refractivity contribution in [3.05, 3.63) is 41.8 Å². The van der Waals surface area contributed by atoms with Gasteiger partial charge in [-0.2, -0.15) is 0 Å². The summed E-state index contributed by atoms with van der Waals surface area (Å²) in [5.74, 6) is -2.14. The minimum atomic E-state index is -1.10. The van der Waals surface area contributed by atoms with Gasteiger partial charge in [-0.1, -0.05) is 13.0 Å². The van der Waals surface area contributed by atoms with Gasteiger partial charge in [0.2, 0.25) is 0 Å². The average Bonchev–Trinajstić information content (AvgIpc) is 2.43. The summed E-state index contributed by atoms with van der Waals surface area (Å²) in [6, 6.07) is 6.24. The molecule has 0 saturated carbocycles. The molecule has 0 radical (unpaired) electrons. The van der Waals surface area contributed by atoms with E-state index in [0.717, 1.165) is 0 Å². The second-order valence-corrected chi connectivity index (χ2v) is 4.31. The van der Waals surface area contributed by atoms with Crippen molar-refractivity contribution < 1.29 is 19.1 Å². The molecule has 2 rings (SSSR count). The van der Waals surface area contributed by atoms with Gasteiger partial charge in [0.1, 0.15) is 17.6 Å². The van der Waals surface area contributed by atoms with E-state index in [0.29, 0.717) is 10.9 Å². The predicted octanol–water partition coefficient (Wildman–Crippen LogP) is 1.97. The van der Waals surface area contributed by atoms with E-state index >= 15 is 0 Å². The highest BCUT2D eigenvalue weighted by Gasteiger charge is 2.19. The Labute approximate surface area is 114 Å². The average molecular weight is 276 g/mol. The summed E-state index contributed by atoms with van der Waals surface area (Å²) >= 11 is 0. The summed E-state index contributed by atoms with van der Waals surface area (Å²) in [6.07, 6.45) is 0.267. The number of carbonyl (C=O) groups excluding carboxylic acids is 1. The molecule has 6 heteroatoms. The van der Waals surface area contributed by atoms with Crippen LogP contribution in [-0.4, -0.2) is 28.0 Å². The Morgan fingerprint density at radius 1 is 1.35 bits per heavy atom. The number of hydrogen-bond acceptors (Lipinski definition) is 3. The van der Waals surface area contributed by atoms with Crippen LogP contribution >= 0.6 is 0 Å². The molecule has 1 amide bonds. The Morgan fingerprint density at radius 2 is 2.05 bits per heavy atom. The first-order chi connectivity index (χ1) is 9.51. The van der Waals surface area contributed by atoms with Crippen molar-refractivity contribution in [1.82, 2.24) is 10.3 Å². The molecule has 0 aliphatic heterocycles. The molecule has 0 fully saturated rings. The first-order valence-corrected chi connectivity index (χ1v) is 6.11. The molecule has 0 spiro atoms.